The molecule has 2 nitrogen and oxygen atoms in total. The van der Waals surface area contributed by atoms with Gasteiger partial charge >= 0.3 is 0 Å². The molecule has 4 rings (SSSR count). The molecule has 0 aliphatic heterocycles. The average molecular weight is 272 g/mol. The molecule has 0 heterocycles. The van der Waals surface area contributed by atoms with E-state index in [1.807, 2.05) is 37.3 Å². The lowest BCUT2D eigenvalue weighted by Gasteiger charge is -2.20. The summed E-state index contributed by atoms with van der Waals surface area (Å²) in [6.07, 6.45) is 0. The summed E-state index contributed by atoms with van der Waals surface area (Å²) in [6.45, 7) is 1.92. The number of benzene rings is 3. The molecule has 0 atom stereocenters. The van der Waals surface area contributed by atoms with Crippen LogP contribution in [0.3, 0.4) is 0 Å². The van der Waals surface area contributed by atoms with E-state index in [0.717, 1.165) is 16.3 Å². The standard InChI is InChI=1S/C19H12O2/c1-11-13-7-3-2-6-12(13)10-16-17(11)19(21)15-9-5-4-8-14(15)18(16)20/h2-10H,1H3. The number of carbonyl (C=O) groups is 2. The lowest BCUT2D eigenvalue weighted by Crippen LogP contribution is -2.22. The van der Waals surface area contributed by atoms with Crippen LogP contribution in [0, 0.1) is 6.92 Å². The van der Waals surface area contributed by atoms with Gasteiger partial charge in [0.25, 0.3) is 0 Å². The van der Waals surface area contributed by atoms with Crippen LogP contribution in [0.2, 0.25) is 0 Å². The first-order valence-corrected chi connectivity index (χ1v) is 6.89. The van der Waals surface area contributed by atoms with E-state index < -0.39 is 0 Å². The van der Waals surface area contributed by atoms with E-state index >= 15 is 0 Å². The molecule has 0 radical (unpaired) electrons. The molecule has 1 aliphatic carbocycles. The maximum atomic E-state index is 12.8. The number of hydrogen-bond acceptors (Lipinski definition) is 2. The first-order valence-electron chi connectivity index (χ1n) is 6.89. The van der Waals surface area contributed by atoms with Crippen LogP contribution in [-0.4, -0.2) is 11.6 Å². The molecular weight excluding hydrogens is 260 g/mol. The maximum Gasteiger partial charge on any atom is 0.194 e. The number of ketones is 2. The Balaban J connectivity index is 2.14. The predicted octanol–water partition coefficient (Wildman–Crippen LogP) is 3.92. The lowest BCUT2D eigenvalue weighted by molar-refractivity contribution is 0.0979. The highest BCUT2D eigenvalue weighted by Gasteiger charge is 2.31. The summed E-state index contributed by atoms with van der Waals surface area (Å²) in [7, 11) is 0. The van der Waals surface area contributed by atoms with Gasteiger partial charge in [0.2, 0.25) is 0 Å². The van der Waals surface area contributed by atoms with E-state index in [-0.39, 0.29) is 11.6 Å². The molecule has 0 bridgehead atoms. The zero-order valence-corrected chi connectivity index (χ0v) is 11.5. The van der Waals surface area contributed by atoms with Gasteiger partial charge in [-0.2, -0.15) is 0 Å². The minimum atomic E-state index is -0.0611. The van der Waals surface area contributed by atoms with Crippen molar-refractivity contribution in [2.24, 2.45) is 0 Å². The smallest absolute Gasteiger partial charge is 0.194 e. The first-order chi connectivity index (χ1) is 10.2. The van der Waals surface area contributed by atoms with Crippen molar-refractivity contribution in [2.75, 3.05) is 0 Å². The summed E-state index contributed by atoms with van der Waals surface area (Å²) < 4.78 is 0. The van der Waals surface area contributed by atoms with Gasteiger partial charge in [-0.3, -0.25) is 9.59 Å². The van der Waals surface area contributed by atoms with E-state index in [9.17, 15) is 9.59 Å². The van der Waals surface area contributed by atoms with Crippen LogP contribution < -0.4 is 0 Å². The maximum absolute atomic E-state index is 12.8. The zero-order valence-electron chi connectivity index (χ0n) is 11.5. The van der Waals surface area contributed by atoms with E-state index in [0.29, 0.717) is 22.3 Å². The Bertz CT molecular complexity index is 935. The van der Waals surface area contributed by atoms with Crippen LogP contribution >= 0.6 is 0 Å². The SMILES string of the molecule is Cc1c2c(cc3ccccc13)C(=O)c1ccccc1C2=O. The van der Waals surface area contributed by atoms with Crippen molar-refractivity contribution in [3.05, 3.63) is 82.4 Å². The fraction of sp³-hybridized carbons (Fsp3) is 0.0526. The molecule has 0 fully saturated rings. The molecular formula is C19H12O2. The molecule has 3 aromatic rings. The Kier molecular flexibility index (Phi) is 2.36. The summed E-state index contributed by atoms with van der Waals surface area (Å²) in [5.74, 6) is -0.113. The monoisotopic (exact) mass is 272 g/mol. The van der Waals surface area contributed by atoms with E-state index in [1.54, 1.807) is 24.3 Å². The number of fused-ring (bicyclic) bond motifs is 3. The molecule has 0 saturated carbocycles. The molecule has 0 saturated heterocycles. The third-order valence-corrected chi connectivity index (χ3v) is 4.20. The predicted molar refractivity (Wildman–Crippen MR) is 82.0 cm³/mol. The largest absolute Gasteiger partial charge is 0.289 e. The summed E-state index contributed by atoms with van der Waals surface area (Å²) in [5, 5.41) is 2.02. The molecule has 3 aromatic carbocycles. The molecule has 0 N–H and O–H groups in total. The molecule has 0 spiro atoms. The number of carbonyl (C=O) groups excluding carboxylic acids is 2. The fourth-order valence-electron chi connectivity index (χ4n) is 3.16. The van der Waals surface area contributed by atoms with Crippen molar-refractivity contribution in [1.82, 2.24) is 0 Å². The van der Waals surface area contributed by atoms with Gasteiger partial charge in [0.05, 0.1) is 0 Å². The van der Waals surface area contributed by atoms with Crippen LogP contribution in [0.4, 0.5) is 0 Å². The second kappa shape index (κ2) is 4.13. The quantitative estimate of drug-likeness (QED) is 0.486. The van der Waals surface area contributed by atoms with Gasteiger partial charge in [-0.05, 0) is 29.3 Å². The number of aryl methyl sites for hydroxylation is 1. The van der Waals surface area contributed by atoms with Crippen LogP contribution in [0.25, 0.3) is 10.8 Å². The fourth-order valence-corrected chi connectivity index (χ4v) is 3.16. The Labute approximate surface area is 122 Å². The molecule has 100 valence electrons. The van der Waals surface area contributed by atoms with Gasteiger partial charge in [-0.25, -0.2) is 0 Å². The highest BCUT2D eigenvalue weighted by Crippen LogP contribution is 2.33. The Hall–Kier alpha value is -2.74. The molecule has 0 amide bonds. The van der Waals surface area contributed by atoms with E-state index in [4.69, 9.17) is 0 Å². The second-order valence-corrected chi connectivity index (χ2v) is 5.35. The van der Waals surface area contributed by atoms with Gasteiger partial charge in [0.1, 0.15) is 0 Å². The highest BCUT2D eigenvalue weighted by atomic mass is 16.1. The minimum absolute atomic E-state index is 0.0524. The van der Waals surface area contributed by atoms with Crippen LogP contribution in [-0.2, 0) is 0 Å². The topological polar surface area (TPSA) is 34.1 Å². The van der Waals surface area contributed by atoms with Crippen molar-refractivity contribution in [2.45, 2.75) is 6.92 Å². The van der Waals surface area contributed by atoms with E-state index in [2.05, 4.69) is 0 Å². The van der Waals surface area contributed by atoms with Gasteiger partial charge in [-0.1, -0.05) is 48.5 Å². The zero-order chi connectivity index (χ0) is 14.6. The number of rotatable bonds is 0. The van der Waals surface area contributed by atoms with Crippen molar-refractivity contribution in [3.8, 4) is 0 Å². The van der Waals surface area contributed by atoms with Gasteiger partial charge in [-0.15, -0.1) is 0 Å². The summed E-state index contributed by atoms with van der Waals surface area (Å²) in [4.78, 5) is 25.5. The number of hydrogen-bond donors (Lipinski definition) is 0. The second-order valence-electron chi connectivity index (χ2n) is 5.35. The van der Waals surface area contributed by atoms with E-state index in [1.165, 1.54) is 0 Å². The highest BCUT2D eigenvalue weighted by molar-refractivity contribution is 6.30. The van der Waals surface area contributed by atoms with Crippen molar-refractivity contribution in [1.29, 1.82) is 0 Å². The Morgan fingerprint density at radius 3 is 2.10 bits per heavy atom. The van der Waals surface area contributed by atoms with Gasteiger partial charge in [0, 0.05) is 22.3 Å². The van der Waals surface area contributed by atoms with Gasteiger partial charge in [0.15, 0.2) is 11.6 Å². The van der Waals surface area contributed by atoms with Crippen molar-refractivity contribution < 1.29 is 9.59 Å². The molecule has 0 unspecified atom stereocenters. The normalized spacial score (nSPS) is 13.2. The Morgan fingerprint density at radius 1 is 0.714 bits per heavy atom. The summed E-state index contributed by atoms with van der Waals surface area (Å²) in [5.41, 5.74) is 2.97. The van der Waals surface area contributed by atoms with Crippen molar-refractivity contribution in [3.63, 3.8) is 0 Å². The van der Waals surface area contributed by atoms with Crippen LogP contribution in [0.1, 0.15) is 37.4 Å². The molecule has 1 aliphatic rings. The molecule has 21 heavy (non-hydrogen) atoms. The third kappa shape index (κ3) is 1.53. The summed E-state index contributed by atoms with van der Waals surface area (Å²) in [6, 6.07) is 16.7. The minimum Gasteiger partial charge on any atom is -0.289 e. The summed E-state index contributed by atoms with van der Waals surface area (Å²) >= 11 is 0. The first kappa shape index (κ1) is 12.0. The molecule has 0 aromatic heterocycles. The third-order valence-electron chi connectivity index (χ3n) is 4.20. The lowest BCUT2D eigenvalue weighted by atomic mass is 9.80. The molecule has 2 heteroatoms. The van der Waals surface area contributed by atoms with Crippen LogP contribution in [0.15, 0.2) is 54.6 Å². The van der Waals surface area contributed by atoms with Gasteiger partial charge < -0.3 is 0 Å². The van der Waals surface area contributed by atoms with Crippen LogP contribution in [0.5, 0.6) is 0 Å². The van der Waals surface area contributed by atoms with Crippen molar-refractivity contribution >= 4 is 22.3 Å². The average Bonchev–Trinajstić information content (AvgIpc) is 2.52. The Morgan fingerprint density at radius 2 is 1.33 bits per heavy atom.